The number of carbonyl (C=O) groups is 1. The van der Waals surface area contributed by atoms with Gasteiger partial charge in [0.25, 0.3) is 5.91 Å². The van der Waals surface area contributed by atoms with E-state index in [-0.39, 0.29) is 17.5 Å². The van der Waals surface area contributed by atoms with Gasteiger partial charge in [0, 0.05) is 7.11 Å². The highest BCUT2D eigenvalue weighted by atomic mass is 35.5. The van der Waals surface area contributed by atoms with Crippen LogP contribution in [0.4, 0.5) is 0 Å². The van der Waals surface area contributed by atoms with Gasteiger partial charge in [-0.3, -0.25) is 9.63 Å². The summed E-state index contributed by atoms with van der Waals surface area (Å²) in [4.78, 5) is 20.0. The van der Waals surface area contributed by atoms with Crippen molar-refractivity contribution in [3.05, 3.63) is 29.0 Å². The van der Waals surface area contributed by atoms with E-state index in [4.69, 9.17) is 21.2 Å². The summed E-state index contributed by atoms with van der Waals surface area (Å²) in [5.41, 5.74) is 2.43. The molecule has 0 bridgehead atoms. The van der Waals surface area contributed by atoms with Crippen LogP contribution < -0.4 is 5.48 Å². The molecule has 1 amide bonds. The van der Waals surface area contributed by atoms with Crippen LogP contribution in [0.1, 0.15) is 10.5 Å². The maximum atomic E-state index is 11.4. The van der Waals surface area contributed by atoms with Crippen molar-refractivity contribution in [3.63, 3.8) is 0 Å². The molecule has 0 radical (unpaired) electrons. The molecule has 0 fully saturated rings. The second-order valence-electron chi connectivity index (χ2n) is 2.62. The van der Waals surface area contributed by atoms with Gasteiger partial charge in [0.1, 0.15) is 10.8 Å². The summed E-state index contributed by atoms with van der Waals surface area (Å²) in [5.74, 6) is -0.436. The first kappa shape index (κ1) is 11.9. The fraction of sp³-hybridized carbons (Fsp3) is 0.333. The Kier molecular flexibility index (Phi) is 5.03. The molecule has 0 aromatic carbocycles. The zero-order valence-corrected chi connectivity index (χ0v) is 8.95. The molecule has 1 aromatic rings. The third-order valence-electron chi connectivity index (χ3n) is 1.50. The van der Waals surface area contributed by atoms with Crippen LogP contribution in [0.25, 0.3) is 0 Å². The van der Waals surface area contributed by atoms with Crippen LogP contribution in [0.15, 0.2) is 18.2 Å². The number of hydrogen-bond acceptors (Lipinski definition) is 4. The molecular formula is C9H11ClN2O3. The van der Waals surface area contributed by atoms with E-state index in [0.717, 1.165) is 0 Å². The number of halogens is 1. The Balaban J connectivity index is 2.40. The second-order valence-corrected chi connectivity index (χ2v) is 3.01. The summed E-state index contributed by atoms with van der Waals surface area (Å²) >= 11 is 5.62. The lowest BCUT2D eigenvalue weighted by Gasteiger charge is -2.04. The Labute approximate surface area is 92.3 Å². The first-order valence-corrected chi connectivity index (χ1v) is 4.65. The predicted octanol–water partition coefficient (Wildman–Crippen LogP) is 1.04. The molecule has 0 spiro atoms. The largest absolute Gasteiger partial charge is 0.382 e. The van der Waals surface area contributed by atoms with Gasteiger partial charge in [-0.15, -0.1) is 0 Å². The van der Waals surface area contributed by atoms with E-state index in [1.54, 1.807) is 25.3 Å². The number of carbonyl (C=O) groups excluding carboxylic acids is 1. The summed E-state index contributed by atoms with van der Waals surface area (Å²) < 4.78 is 4.74. The Hall–Kier alpha value is -1.17. The fourth-order valence-corrected chi connectivity index (χ4v) is 0.992. The van der Waals surface area contributed by atoms with Crippen molar-refractivity contribution in [1.29, 1.82) is 0 Å². The molecule has 1 rings (SSSR count). The van der Waals surface area contributed by atoms with Gasteiger partial charge in [-0.25, -0.2) is 10.5 Å². The van der Waals surface area contributed by atoms with Crippen LogP contribution in [0.5, 0.6) is 0 Å². The molecule has 0 saturated carbocycles. The minimum Gasteiger partial charge on any atom is -0.382 e. The van der Waals surface area contributed by atoms with Crippen LogP contribution in [-0.4, -0.2) is 31.2 Å². The van der Waals surface area contributed by atoms with Gasteiger partial charge in [0.15, 0.2) is 0 Å². The van der Waals surface area contributed by atoms with Crippen LogP contribution in [-0.2, 0) is 9.57 Å². The van der Waals surface area contributed by atoms with Crippen LogP contribution in [0.2, 0.25) is 5.15 Å². The zero-order chi connectivity index (χ0) is 11.1. The van der Waals surface area contributed by atoms with Crippen LogP contribution >= 0.6 is 11.6 Å². The molecule has 5 nitrogen and oxygen atoms in total. The standard InChI is InChI=1S/C9H11ClN2O3/c1-14-5-6-15-12-9(13)7-3-2-4-8(10)11-7/h2-4H,5-6H2,1H3,(H,12,13). The van der Waals surface area contributed by atoms with E-state index >= 15 is 0 Å². The third-order valence-corrected chi connectivity index (χ3v) is 1.71. The molecule has 0 saturated heterocycles. The van der Waals surface area contributed by atoms with E-state index in [1.807, 2.05) is 0 Å². The van der Waals surface area contributed by atoms with Crippen molar-refractivity contribution in [2.45, 2.75) is 0 Å². The molecule has 82 valence electrons. The van der Waals surface area contributed by atoms with E-state index in [1.165, 1.54) is 0 Å². The highest BCUT2D eigenvalue weighted by Crippen LogP contribution is 2.04. The molecule has 1 heterocycles. The Morgan fingerprint density at radius 1 is 1.53 bits per heavy atom. The van der Waals surface area contributed by atoms with Crippen molar-refractivity contribution in [2.24, 2.45) is 0 Å². The molecule has 1 aromatic heterocycles. The van der Waals surface area contributed by atoms with E-state index in [0.29, 0.717) is 6.61 Å². The number of nitrogens with zero attached hydrogens (tertiary/aromatic N) is 1. The number of nitrogens with one attached hydrogen (secondary N) is 1. The molecule has 0 aliphatic heterocycles. The van der Waals surface area contributed by atoms with Gasteiger partial charge < -0.3 is 4.74 Å². The lowest BCUT2D eigenvalue weighted by atomic mass is 10.3. The fourth-order valence-electron chi connectivity index (χ4n) is 0.829. The number of hydroxylamine groups is 1. The van der Waals surface area contributed by atoms with Crippen LogP contribution in [0.3, 0.4) is 0 Å². The Morgan fingerprint density at radius 3 is 3.00 bits per heavy atom. The number of rotatable bonds is 5. The van der Waals surface area contributed by atoms with E-state index < -0.39 is 5.91 Å². The average Bonchev–Trinajstić information content (AvgIpc) is 2.24. The monoisotopic (exact) mass is 230 g/mol. The average molecular weight is 231 g/mol. The molecule has 0 atom stereocenters. The topological polar surface area (TPSA) is 60.5 Å². The molecule has 0 unspecified atom stereocenters. The third kappa shape index (κ3) is 4.24. The van der Waals surface area contributed by atoms with Crippen molar-refractivity contribution in [3.8, 4) is 0 Å². The molecule has 0 aliphatic rings. The first-order valence-electron chi connectivity index (χ1n) is 4.27. The van der Waals surface area contributed by atoms with E-state index in [2.05, 4.69) is 10.5 Å². The number of aromatic nitrogens is 1. The number of hydrogen-bond donors (Lipinski definition) is 1. The Bertz CT molecular complexity index is 333. The lowest BCUT2D eigenvalue weighted by Crippen LogP contribution is -2.26. The summed E-state index contributed by atoms with van der Waals surface area (Å²) in [6.07, 6.45) is 0. The van der Waals surface area contributed by atoms with Gasteiger partial charge in [0.05, 0.1) is 13.2 Å². The number of methoxy groups -OCH3 is 1. The van der Waals surface area contributed by atoms with Gasteiger partial charge >= 0.3 is 0 Å². The highest BCUT2D eigenvalue weighted by Gasteiger charge is 2.06. The predicted molar refractivity (Wildman–Crippen MR) is 54.5 cm³/mol. The van der Waals surface area contributed by atoms with Gasteiger partial charge in [-0.1, -0.05) is 17.7 Å². The minimum atomic E-state index is -0.436. The second kappa shape index (κ2) is 6.34. The SMILES string of the molecule is COCCONC(=O)c1cccc(Cl)n1. The summed E-state index contributed by atoms with van der Waals surface area (Å²) in [6, 6.07) is 4.77. The number of pyridine rings is 1. The molecule has 6 heteroatoms. The molecule has 0 aliphatic carbocycles. The van der Waals surface area contributed by atoms with E-state index in [9.17, 15) is 4.79 Å². The van der Waals surface area contributed by atoms with Gasteiger partial charge in [-0.2, -0.15) is 0 Å². The van der Waals surface area contributed by atoms with Gasteiger partial charge in [0.2, 0.25) is 0 Å². The minimum absolute atomic E-state index is 0.208. The smallest absolute Gasteiger partial charge is 0.293 e. The van der Waals surface area contributed by atoms with Crippen molar-refractivity contribution in [2.75, 3.05) is 20.3 Å². The molecule has 1 N–H and O–H groups in total. The van der Waals surface area contributed by atoms with Crippen LogP contribution in [0, 0.1) is 0 Å². The summed E-state index contributed by atoms with van der Waals surface area (Å²) in [6.45, 7) is 0.687. The highest BCUT2D eigenvalue weighted by molar-refractivity contribution is 6.29. The molecular weight excluding hydrogens is 220 g/mol. The number of amides is 1. The quantitative estimate of drug-likeness (QED) is 0.467. The lowest BCUT2D eigenvalue weighted by molar-refractivity contribution is 0.00858. The van der Waals surface area contributed by atoms with Crippen molar-refractivity contribution < 1.29 is 14.4 Å². The molecule has 15 heavy (non-hydrogen) atoms. The normalized spacial score (nSPS) is 10.0. The maximum Gasteiger partial charge on any atom is 0.293 e. The Morgan fingerprint density at radius 2 is 2.33 bits per heavy atom. The first-order chi connectivity index (χ1) is 7.24. The summed E-state index contributed by atoms with van der Waals surface area (Å²) in [5, 5.41) is 0.263. The zero-order valence-electron chi connectivity index (χ0n) is 8.20. The van der Waals surface area contributed by atoms with Crippen molar-refractivity contribution >= 4 is 17.5 Å². The number of ether oxygens (including phenoxy) is 1. The summed E-state index contributed by atoms with van der Waals surface area (Å²) in [7, 11) is 1.55. The van der Waals surface area contributed by atoms with Gasteiger partial charge in [-0.05, 0) is 12.1 Å². The maximum absolute atomic E-state index is 11.4. The van der Waals surface area contributed by atoms with Crippen molar-refractivity contribution in [1.82, 2.24) is 10.5 Å².